The summed E-state index contributed by atoms with van der Waals surface area (Å²) in [6, 6.07) is 1.24. The normalized spacial score (nSPS) is 18.3. The van der Waals surface area contributed by atoms with Crippen molar-refractivity contribution in [3.8, 4) is 5.75 Å². The molecule has 1 amide bonds. The number of carbonyl (C=O) groups excluding carboxylic acids is 1. The second-order valence-corrected chi connectivity index (χ2v) is 7.89. The molecular formula is C17H15F4N3O4S. The molecule has 1 aliphatic heterocycles. The molecule has 12 heteroatoms. The molecule has 1 aliphatic rings. The molecule has 1 atom stereocenters. The first kappa shape index (κ1) is 20.9. The van der Waals surface area contributed by atoms with E-state index in [0.717, 1.165) is 12.3 Å². The van der Waals surface area contributed by atoms with Gasteiger partial charge in [-0.15, -0.1) is 6.58 Å². The summed E-state index contributed by atoms with van der Waals surface area (Å²) in [4.78, 5) is 12.4. The Morgan fingerprint density at radius 1 is 1.41 bits per heavy atom. The number of aromatic nitrogens is 1. The van der Waals surface area contributed by atoms with E-state index in [1.165, 1.54) is 17.7 Å². The van der Waals surface area contributed by atoms with E-state index in [1.54, 1.807) is 0 Å². The summed E-state index contributed by atoms with van der Waals surface area (Å²) in [5, 5.41) is 2.21. The van der Waals surface area contributed by atoms with E-state index in [0.29, 0.717) is 12.1 Å². The zero-order valence-corrected chi connectivity index (χ0v) is 15.7. The number of hydrogen-bond donors (Lipinski definition) is 2. The van der Waals surface area contributed by atoms with Crippen LogP contribution >= 0.6 is 0 Å². The van der Waals surface area contributed by atoms with Crippen LogP contribution in [-0.4, -0.2) is 31.5 Å². The van der Waals surface area contributed by atoms with Gasteiger partial charge in [0.25, 0.3) is 5.91 Å². The standard InChI is InChI=1S/C17H15F4N3O4S/c1-3-9-8-28-15-13(29(26,27)23-9)7-24(2)14(15)16(25)22-10-4-5-12(18)11(6-10)17(19,20)21/h3-7,9,23H,1,8H2,2H3,(H,22,25)/t9-/m0/s1. The highest BCUT2D eigenvalue weighted by Gasteiger charge is 2.36. The Bertz CT molecular complexity index is 1090. The number of sulfonamides is 1. The van der Waals surface area contributed by atoms with Gasteiger partial charge in [-0.05, 0) is 18.2 Å². The fourth-order valence-electron chi connectivity index (χ4n) is 2.77. The molecule has 0 bridgehead atoms. The highest BCUT2D eigenvalue weighted by atomic mass is 32.2. The fourth-order valence-corrected chi connectivity index (χ4v) is 4.15. The van der Waals surface area contributed by atoms with Gasteiger partial charge in [-0.25, -0.2) is 17.5 Å². The zero-order valence-electron chi connectivity index (χ0n) is 14.9. The maximum Gasteiger partial charge on any atom is 0.419 e. The van der Waals surface area contributed by atoms with Crippen LogP contribution in [-0.2, 0) is 23.2 Å². The maximum absolute atomic E-state index is 13.4. The molecule has 0 saturated carbocycles. The lowest BCUT2D eigenvalue weighted by molar-refractivity contribution is -0.139. The number of fused-ring (bicyclic) bond motifs is 1. The van der Waals surface area contributed by atoms with Crippen molar-refractivity contribution in [1.82, 2.24) is 9.29 Å². The third-order valence-corrected chi connectivity index (χ3v) is 5.62. The van der Waals surface area contributed by atoms with Crippen molar-refractivity contribution in [2.45, 2.75) is 17.1 Å². The first-order valence-corrected chi connectivity index (χ1v) is 9.57. The molecule has 0 radical (unpaired) electrons. The van der Waals surface area contributed by atoms with E-state index in [-0.39, 0.29) is 28.6 Å². The second-order valence-electron chi connectivity index (χ2n) is 6.20. The first-order chi connectivity index (χ1) is 13.4. The highest BCUT2D eigenvalue weighted by molar-refractivity contribution is 7.89. The molecule has 0 spiro atoms. The minimum atomic E-state index is -4.95. The number of nitrogens with zero attached hydrogens (tertiary/aromatic N) is 1. The molecule has 2 N–H and O–H groups in total. The van der Waals surface area contributed by atoms with Crippen molar-refractivity contribution >= 4 is 21.6 Å². The molecule has 0 aliphatic carbocycles. The van der Waals surface area contributed by atoms with E-state index in [2.05, 4.69) is 16.6 Å². The van der Waals surface area contributed by atoms with Crippen LogP contribution in [0, 0.1) is 5.82 Å². The summed E-state index contributed by atoms with van der Waals surface area (Å²) in [5.41, 5.74) is -2.09. The number of amides is 1. The maximum atomic E-state index is 13.4. The minimum Gasteiger partial charge on any atom is -0.488 e. The molecule has 1 aromatic carbocycles. The number of halogens is 4. The van der Waals surface area contributed by atoms with Gasteiger partial charge in [0.15, 0.2) is 11.4 Å². The van der Waals surface area contributed by atoms with E-state index in [1.807, 2.05) is 0 Å². The van der Waals surface area contributed by atoms with Crippen molar-refractivity contribution in [1.29, 1.82) is 0 Å². The van der Waals surface area contributed by atoms with Crippen LogP contribution in [0.2, 0.25) is 0 Å². The van der Waals surface area contributed by atoms with Gasteiger partial charge >= 0.3 is 6.18 Å². The Hall–Kier alpha value is -2.86. The molecular weight excluding hydrogens is 418 g/mol. The Labute approximate surface area is 163 Å². The number of anilines is 1. The van der Waals surface area contributed by atoms with Crippen molar-refractivity contribution in [3.63, 3.8) is 0 Å². The van der Waals surface area contributed by atoms with Crippen LogP contribution < -0.4 is 14.8 Å². The number of aryl methyl sites for hydroxylation is 1. The molecule has 7 nitrogen and oxygen atoms in total. The second kappa shape index (κ2) is 7.19. The molecule has 29 heavy (non-hydrogen) atoms. The molecule has 1 aromatic heterocycles. The summed E-state index contributed by atoms with van der Waals surface area (Å²) in [6.07, 6.45) is -2.49. The van der Waals surface area contributed by atoms with Crippen LogP contribution in [0.15, 0.2) is 41.9 Å². The van der Waals surface area contributed by atoms with Crippen molar-refractivity contribution in [2.24, 2.45) is 7.05 Å². The minimum absolute atomic E-state index is 0.144. The molecule has 156 valence electrons. The van der Waals surface area contributed by atoms with Crippen molar-refractivity contribution < 1.29 is 35.5 Å². The van der Waals surface area contributed by atoms with Gasteiger partial charge in [-0.1, -0.05) is 6.08 Å². The van der Waals surface area contributed by atoms with E-state index in [9.17, 15) is 30.8 Å². The fraction of sp³-hybridized carbons (Fsp3) is 0.235. The van der Waals surface area contributed by atoms with Crippen LogP contribution in [0.1, 0.15) is 16.1 Å². The Morgan fingerprint density at radius 2 is 2.10 bits per heavy atom. The summed E-state index contributed by atoms with van der Waals surface area (Å²) >= 11 is 0. The number of benzene rings is 1. The highest BCUT2D eigenvalue weighted by Crippen LogP contribution is 2.35. The average Bonchev–Trinajstić information content (AvgIpc) is 2.90. The van der Waals surface area contributed by atoms with Gasteiger partial charge in [-0.2, -0.15) is 13.2 Å². The number of rotatable bonds is 3. The predicted molar refractivity (Wildman–Crippen MR) is 94.6 cm³/mol. The van der Waals surface area contributed by atoms with Crippen molar-refractivity contribution in [2.75, 3.05) is 11.9 Å². The van der Waals surface area contributed by atoms with Gasteiger partial charge in [-0.3, -0.25) is 4.79 Å². The number of ether oxygens (including phenoxy) is 1. The monoisotopic (exact) mass is 433 g/mol. The van der Waals surface area contributed by atoms with Gasteiger partial charge in [0.05, 0.1) is 11.6 Å². The molecule has 0 unspecified atom stereocenters. The SMILES string of the molecule is C=C[C@H]1COc2c(cn(C)c2C(=O)Nc2ccc(F)c(C(F)(F)F)c2)S(=O)(=O)N1. The van der Waals surface area contributed by atoms with Crippen LogP contribution in [0.25, 0.3) is 0 Å². The lowest BCUT2D eigenvalue weighted by Crippen LogP contribution is -2.35. The molecule has 2 heterocycles. The largest absolute Gasteiger partial charge is 0.488 e. The van der Waals surface area contributed by atoms with E-state index in [4.69, 9.17) is 4.74 Å². The van der Waals surface area contributed by atoms with Gasteiger partial charge < -0.3 is 14.6 Å². The number of alkyl halides is 3. The number of carbonyl (C=O) groups is 1. The summed E-state index contributed by atoms with van der Waals surface area (Å²) in [7, 11) is -2.65. The quantitative estimate of drug-likeness (QED) is 0.576. The van der Waals surface area contributed by atoms with E-state index >= 15 is 0 Å². The molecule has 2 aromatic rings. The number of hydrogen-bond acceptors (Lipinski definition) is 4. The Balaban J connectivity index is 1.99. The predicted octanol–water partition coefficient (Wildman–Crippen LogP) is 2.66. The van der Waals surface area contributed by atoms with Gasteiger partial charge in [0.2, 0.25) is 10.0 Å². The topological polar surface area (TPSA) is 89.4 Å². The Morgan fingerprint density at radius 3 is 2.72 bits per heavy atom. The third kappa shape index (κ3) is 3.98. The van der Waals surface area contributed by atoms with Gasteiger partial charge in [0.1, 0.15) is 17.3 Å². The smallest absolute Gasteiger partial charge is 0.419 e. The zero-order chi connectivity index (χ0) is 21.6. The number of nitrogens with one attached hydrogen (secondary N) is 2. The molecule has 0 fully saturated rings. The molecule has 3 rings (SSSR count). The van der Waals surface area contributed by atoms with Gasteiger partial charge in [0, 0.05) is 18.9 Å². The third-order valence-electron chi connectivity index (χ3n) is 4.13. The summed E-state index contributed by atoms with van der Waals surface area (Å²) < 4.78 is 85.9. The molecule has 0 saturated heterocycles. The lowest BCUT2D eigenvalue weighted by Gasteiger charge is -2.13. The van der Waals surface area contributed by atoms with Crippen LogP contribution in [0.4, 0.5) is 23.2 Å². The summed E-state index contributed by atoms with van der Waals surface area (Å²) in [6.45, 7) is 3.35. The van der Waals surface area contributed by atoms with Crippen molar-refractivity contribution in [3.05, 3.63) is 54.1 Å². The van der Waals surface area contributed by atoms with Crippen LogP contribution in [0.5, 0.6) is 5.75 Å². The average molecular weight is 433 g/mol. The Kier molecular flexibility index (Phi) is 5.17. The lowest BCUT2D eigenvalue weighted by atomic mass is 10.1. The summed E-state index contributed by atoms with van der Waals surface area (Å²) in [5.74, 6) is -2.67. The van der Waals surface area contributed by atoms with Crippen LogP contribution in [0.3, 0.4) is 0 Å². The first-order valence-electron chi connectivity index (χ1n) is 8.09. The van der Waals surface area contributed by atoms with E-state index < -0.39 is 39.5 Å².